The summed E-state index contributed by atoms with van der Waals surface area (Å²) in [6.45, 7) is 7.68. The first-order chi connectivity index (χ1) is 12.4. The van der Waals surface area contributed by atoms with Gasteiger partial charge in [-0.05, 0) is 26.0 Å². The van der Waals surface area contributed by atoms with E-state index in [2.05, 4.69) is 29.6 Å². The molecule has 140 valence electrons. The number of pyridine rings is 1. The summed E-state index contributed by atoms with van der Waals surface area (Å²) in [5.41, 5.74) is 0.174. The summed E-state index contributed by atoms with van der Waals surface area (Å²) in [4.78, 5) is 29.9. The number of carbonyl (C=O) groups excluding carboxylic acids is 2. The van der Waals surface area contributed by atoms with Gasteiger partial charge < -0.3 is 14.4 Å². The number of hydrogen-bond donors (Lipinski definition) is 0. The number of ether oxygens (including phenoxy) is 2. The van der Waals surface area contributed by atoms with Crippen LogP contribution in [0.15, 0.2) is 12.1 Å². The normalized spacial score (nSPS) is 13.9. The van der Waals surface area contributed by atoms with Crippen LogP contribution in [0.25, 0.3) is 0 Å². The maximum atomic E-state index is 12.3. The Morgan fingerprint density at radius 1 is 1.31 bits per heavy atom. The van der Waals surface area contributed by atoms with Crippen LogP contribution in [-0.2, 0) is 9.47 Å². The Labute approximate surface area is 169 Å². The summed E-state index contributed by atoms with van der Waals surface area (Å²) >= 11 is 8.18. The number of aromatic nitrogens is 1. The minimum atomic E-state index is -0.594. The molecule has 1 amide bonds. The molecule has 1 saturated heterocycles. The van der Waals surface area contributed by atoms with Crippen molar-refractivity contribution >= 4 is 41.2 Å². The van der Waals surface area contributed by atoms with E-state index in [-0.39, 0.29) is 28.4 Å². The number of amides is 1. The second-order valence-electron chi connectivity index (χ2n) is 6.27. The molecule has 1 aliphatic heterocycles. The van der Waals surface area contributed by atoms with E-state index in [4.69, 9.17) is 21.1 Å². The molecule has 0 bridgehead atoms. The Morgan fingerprint density at radius 3 is 2.42 bits per heavy atom. The molecule has 0 aliphatic carbocycles. The van der Waals surface area contributed by atoms with Gasteiger partial charge in [0.1, 0.15) is 5.69 Å². The molecule has 0 unspecified atom stereocenters. The zero-order chi connectivity index (χ0) is 19.5. The van der Waals surface area contributed by atoms with Gasteiger partial charge in [-0.2, -0.15) is 0 Å². The number of esters is 1. The van der Waals surface area contributed by atoms with Gasteiger partial charge in [-0.15, -0.1) is 0 Å². The zero-order valence-electron chi connectivity index (χ0n) is 16.1. The minimum absolute atomic E-state index is 0.0350. The van der Waals surface area contributed by atoms with E-state index in [0.717, 1.165) is 0 Å². The fraction of sp³-hybridized carbons (Fsp3) is 0.611. The number of rotatable bonds is 5. The van der Waals surface area contributed by atoms with Gasteiger partial charge >= 0.3 is 48.5 Å². The zero-order valence-corrected chi connectivity index (χ0v) is 16.8. The molecule has 0 radical (unpaired) electrons. The standard InChI is InChI=1S/C14H17ClN2O4.C4H9.Li/c1-9(2)21-14(19)12-8-10(15)7-11(16-12)13(18)17-3-5-20-6-4-17;1-3-4-2;/h7-9H,3-6H2,1-2H3;1,3-4H2,2H3;. The molecule has 1 aliphatic rings. The first-order valence-corrected chi connectivity index (χ1v) is 9.52. The van der Waals surface area contributed by atoms with E-state index < -0.39 is 5.97 Å². The molecule has 2 rings (SSSR count). The Kier molecular flexibility index (Phi) is 10.9. The Balaban J connectivity index is 0.000000597. The third-order valence-electron chi connectivity index (χ3n) is 3.57. The van der Waals surface area contributed by atoms with Crippen LogP contribution in [0.4, 0.5) is 0 Å². The van der Waals surface area contributed by atoms with Crippen LogP contribution in [0.3, 0.4) is 0 Å². The molecule has 26 heavy (non-hydrogen) atoms. The fourth-order valence-corrected chi connectivity index (χ4v) is 2.47. The molecule has 1 aromatic rings. The van der Waals surface area contributed by atoms with Crippen LogP contribution in [0.1, 0.15) is 54.6 Å². The average Bonchev–Trinajstić information content (AvgIpc) is 2.62. The summed E-state index contributed by atoms with van der Waals surface area (Å²) < 4.78 is 10.3. The van der Waals surface area contributed by atoms with Crippen LogP contribution in [-0.4, -0.2) is 71.9 Å². The van der Waals surface area contributed by atoms with Crippen molar-refractivity contribution in [3.05, 3.63) is 28.5 Å². The van der Waals surface area contributed by atoms with Crippen molar-refractivity contribution in [2.75, 3.05) is 26.3 Å². The van der Waals surface area contributed by atoms with Crippen LogP contribution in [0.5, 0.6) is 0 Å². The van der Waals surface area contributed by atoms with Crippen LogP contribution >= 0.6 is 11.6 Å². The average molecular weight is 377 g/mol. The fourth-order valence-electron chi connectivity index (χ4n) is 2.27. The maximum absolute atomic E-state index is 12.3. The second kappa shape index (κ2) is 12.3. The Bertz CT molecular complexity index is 591. The van der Waals surface area contributed by atoms with Gasteiger partial charge in [0.05, 0.1) is 19.3 Å². The molecule has 2 heterocycles. The SMILES string of the molecule is CC(C)OC(=O)c1cc(Cl)cc(C(=O)N2CCOCC2)n1.[Li][CH2]CCC. The second-order valence-corrected chi connectivity index (χ2v) is 6.70. The van der Waals surface area contributed by atoms with Crippen LogP contribution in [0, 0.1) is 0 Å². The number of unbranched alkanes of at least 4 members (excludes halogenated alkanes) is 1. The van der Waals surface area contributed by atoms with E-state index in [0.29, 0.717) is 26.3 Å². The third kappa shape index (κ3) is 8.09. The molecule has 0 atom stereocenters. The monoisotopic (exact) mass is 376 g/mol. The summed E-state index contributed by atoms with van der Waals surface area (Å²) in [5, 5.41) is 1.62. The van der Waals surface area contributed by atoms with Crippen molar-refractivity contribution in [3.8, 4) is 0 Å². The van der Waals surface area contributed by atoms with Crippen molar-refractivity contribution in [2.24, 2.45) is 0 Å². The predicted octanol–water partition coefficient (Wildman–Crippen LogP) is 3.15. The Hall–Kier alpha value is -1.06. The predicted molar refractivity (Wildman–Crippen MR) is 102 cm³/mol. The van der Waals surface area contributed by atoms with E-state index in [1.54, 1.807) is 18.7 Å². The van der Waals surface area contributed by atoms with Crippen molar-refractivity contribution in [2.45, 2.75) is 44.8 Å². The van der Waals surface area contributed by atoms with Gasteiger partial charge in [0.15, 0.2) is 5.69 Å². The Morgan fingerprint density at radius 2 is 1.92 bits per heavy atom. The molecule has 8 heteroatoms. The van der Waals surface area contributed by atoms with E-state index in [1.165, 1.54) is 30.1 Å². The number of morpholine rings is 1. The number of nitrogens with zero attached hydrogens (tertiary/aromatic N) is 2. The van der Waals surface area contributed by atoms with Crippen molar-refractivity contribution in [1.29, 1.82) is 0 Å². The van der Waals surface area contributed by atoms with Gasteiger partial charge in [0.25, 0.3) is 5.91 Å². The molecule has 0 N–H and O–H groups in total. The number of carbonyl (C=O) groups is 2. The number of hydrogen-bond acceptors (Lipinski definition) is 5. The summed E-state index contributed by atoms with van der Waals surface area (Å²) in [7, 11) is 0. The van der Waals surface area contributed by atoms with Crippen molar-refractivity contribution < 1.29 is 19.1 Å². The molecular formula is C18H26ClLiN2O4. The molecule has 1 aromatic heterocycles. The first-order valence-electron chi connectivity index (χ1n) is 9.14. The van der Waals surface area contributed by atoms with Gasteiger partial charge in [-0.3, -0.25) is 4.79 Å². The van der Waals surface area contributed by atoms with Crippen LogP contribution in [0.2, 0.25) is 10.1 Å². The molecule has 0 saturated carbocycles. The third-order valence-corrected chi connectivity index (χ3v) is 3.78. The van der Waals surface area contributed by atoms with Gasteiger partial charge in [0, 0.05) is 18.1 Å². The first kappa shape index (κ1) is 23.0. The topological polar surface area (TPSA) is 68.7 Å². The van der Waals surface area contributed by atoms with Gasteiger partial charge in [-0.25, -0.2) is 9.78 Å². The van der Waals surface area contributed by atoms with Crippen molar-refractivity contribution in [1.82, 2.24) is 9.88 Å². The summed E-state index contributed by atoms with van der Waals surface area (Å²) in [5.74, 6) is -0.858. The van der Waals surface area contributed by atoms with E-state index in [9.17, 15) is 9.59 Å². The molecule has 0 spiro atoms. The van der Waals surface area contributed by atoms with E-state index in [1.807, 2.05) is 0 Å². The molecule has 0 aromatic carbocycles. The van der Waals surface area contributed by atoms with Gasteiger partial charge in [0.2, 0.25) is 0 Å². The van der Waals surface area contributed by atoms with Crippen molar-refractivity contribution in [3.63, 3.8) is 0 Å². The molecule has 1 fully saturated rings. The summed E-state index contributed by atoms with van der Waals surface area (Å²) in [6.07, 6.45) is 2.47. The van der Waals surface area contributed by atoms with Gasteiger partial charge in [-0.1, -0.05) is 11.6 Å². The van der Waals surface area contributed by atoms with Crippen LogP contribution < -0.4 is 0 Å². The summed E-state index contributed by atoms with van der Waals surface area (Å²) in [6, 6.07) is 2.84. The quantitative estimate of drug-likeness (QED) is 0.583. The molecule has 6 nitrogen and oxygen atoms in total. The van der Waals surface area contributed by atoms with E-state index >= 15 is 0 Å². The number of halogens is 1. The molecular weight excluding hydrogens is 351 g/mol.